The van der Waals surface area contributed by atoms with Crippen LogP contribution in [0.3, 0.4) is 0 Å². The van der Waals surface area contributed by atoms with E-state index < -0.39 is 0 Å². The van der Waals surface area contributed by atoms with Crippen LogP contribution >= 0.6 is 0 Å². The van der Waals surface area contributed by atoms with E-state index >= 15 is 0 Å². The van der Waals surface area contributed by atoms with Crippen LogP contribution in [0.4, 0.5) is 0 Å². The van der Waals surface area contributed by atoms with Gasteiger partial charge < -0.3 is 15.4 Å². The number of hydrogen-bond donors (Lipinski definition) is 2. The van der Waals surface area contributed by atoms with E-state index in [1.807, 2.05) is 18.2 Å². The Kier molecular flexibility index (Phi) is 5.31. The quantitative estimate of drug-likeness (QED) is 0.852. The number of nitrogens with zero attached hydrogens (tertiary/aromatic N) is 1. The molecule has 0 amide bonds. The summed E-state index contributed by atoms with van der Waals surface area (Å²) in [5.74, 6) is 0. The molecule has 0 aliphatic heterocycles. The fraction of sp³-hybridized carbons (Fsp3) is 0.353. The SMILES string of the molecule is CCc1ccc(-c2ccc(CN)c(=O)n2CCCO)cc1. The van der Waals surface area contributed by atoms with Crippen molar-refractivity contribution in [1.29, 1.82) is 0 Å². The third-order valence-electron chi connectivity index (χ3n) is 3.67. The van der Waals surface area contributed by atoms with Crippen molar-refractivity contribution in [2.24, 2.45) is 5.73 Å². The molecule has 112 valence electrons. The zero-order chi connectivity index (χ0) is 15.2. The van der Waals surface area contributed by atoms with Gasteiger partial charge in [-0.2, -0.15) is 0 Å². The van der Waals surface area contributed by atoms with E-state index in [9.17, 15) is 4.79 Å². The van der Waals surface area contributed by atoms with Gasteiger partial charge in [0.2, 0.25) is 0 Å². The van der Waals surface area contributed by atoms with Crippen molar-refractivity contribution < 1.29 is 5.11 Å². The maximum Gasteiger partial charge on any atom is 0.255 e. The highest BCUT2D eigenvalue weighted by atomic mass is 16.3. The molecule has 0 fully saturated rings. The number of nitrogens with two attached hydrogens (primary N) is 1. The lowest BCUT2D eigenvalue weighted by Gasteiger charge is -2.14. The van der Waals surface area contributed by atoms with Gasteiger partial charge in [-0.3, -0.25) is 4.79 Å². The molecule has 0 unspecified atom stereocenters. The summed E-state index contributed by atoms with van der Waals surface area (Å²) in [6.07, 6.45) is 1.54. The number of aromatic nitrogens is 1. The Bertz CT molecular complexity index is 645. The van der Waals surface area contributed by atoms with Gasteiger partial charge in [-0.1, -0.05) is 37.3 Å². The summed E-state index contributed by atoms with van der Waals surface area (Å²) in [4.78, 5) is 12.4. The summed E-state index contributed by atoms with van der Waals surface area (Å²) in [6, 6.07) is 11.9. The lowest BCUT2D eigenvalue weighted by molar-refractivity contribution is 0.279. The first-order valence-electron chi connectivity index (χ1n) is 7.34. The van der Waals surface area contributed by atoms with Gasteiger partial charge in [-0.05, 0) is 30.0 Å². The van der Waals surface area contributed by atoms with E-state index in [0.29, 0.717) is 18.5 Å². The first-order valence-corrected chi connectivity index (χ1v) is 7.34. The monoisotopic (exact) mass is 286 g/mol. The number of aliphatic hydroxyl groups excluding tert-OH is 1. The molecule has 0 saturated carbocycles. The van der Waals surface area contributed by atoms with Crippen molar-refractivity contribution in [1.82, 2.24) is 4.57 Å². The molecule has 3 N–H and O–H groups in total. The highest BCUT2D eigenvalue weighted by Gasteiger charge is 2.09. The topological polar surface area (TPSA) is 68.2 Å². The van der Waals surface area contributed by atoms with Crippen molar-refractivity contribution in [3.8, 4) is 11.3 Å². The molecule has 4 heteroatoms. The first-order chi connectivity index (χ1) is 10.2. The first kappa shape index (κ1) is 15.5. The van der Waals surface area contributed by atoms with E-state index in [2.05, 4.69) is 19.1 Å². The van der Waals surface area contributed by atoms with Crippen molar-refractivity contribution >= 4 is 0 Å². The molecule has 0 aliphatic carbocycles. The summed E-state index contributed by atoms with van der Waals surface area (Å²) < 4.78 is 1.71. The molecule has 21 heavy (non-hydrogen) atoms. The molecule has 0 spiro atoms. The Morgan fingerprint density at radius 3 is 2.43 bits per heavy atom. The van der Waals surface area contributed by atoms with E-state index in [1.54, 1.807) is 10.6 Å². The summed E-state index contributed by atoms with van der Waals surface area (Å²) >= 11 is 0. The molecule has 1 aromatic carbocycles. The van der Waals surface area contributed by atoms with Crippen LogP contribution < -0.4 is 11.3 Å². The second-order valence-electron chi connectivity index (χ2n) is 5.03. The molecular weight excluding hydrogens is 264 g/mol. The molecule has 1 aromatic heterocycles. The molecule has 0 saturated heterocycles. The molecule has 0 atom stereocenters. The molecule has 2 rings (SSSR count). The predicted octanol–water partition coefficient (Wildman–Crippen LogP) is 1.92. The highest BCUT2D eigenvalue weighted by Crippen LogP contribution is 2.19. The van der Waals surface area contributed by atoms with Crippen LogP contribution in [0.1, 0.15) is 24.5 Å². The number of pyridine rings is 1. The third kappa shape index (κ3) is 3.40. The van der Waals surface area contributed by atoms with Crippen LogP contribution in [0.5, 0.6) is 0 Å². The summed E-state index contributed by atoms with van der Waals surface area (Å²) in [5.41, 5.74) is 9.28. The number of hydrogen-bond acceptors (Lipinski definition) is 3. The van der Waals surface area contributed by atoms with Gasteiger partial charge in [0.25, 0.3) is 5.56 Å². The van der Waals surface area contributed by atoms with Crippen molar-refractivity contribution in [3.63, 3.8) is 0 Å². The molecule has 4 nitrogen and oxygen atoms in total. The normalized spacial score (nSPS) is 10.8. The van der Waals surface area contributed by atoms with Gasteiger partial charge in [0.05, 0.1) is 5.69 Å². The van der Waals surface area contributed by atoms with Crippen LogP contribution in [0.15, 0.2) is 41.2 Å². The largest absolute Gasteiger partial charge is 0.396 e. The van der Waals surface area contributed by atoms with Gasteiger partial charge in [0.15, 0.2) is 0 Å². The van der Waals surface area contributed by atoms with Gasteiger partial charge in [0, 0.05) is 25.3 Å². The zero-order valence-corrected chi connectivity index (χ0v) is 12.4. The Morgan fingerprint density at radius 1 is 1.14 bits per heavy atom. The van der Waals surface area contributed by atoms with Gasteiger partial charge in [-0.15, -0.1) is 0 Å². The third-order valence-corrected chi connectivity index (χ3v) is 3.67. The Morgan fingerprint density at radius 2 is 1.86 bits per heavy atom. The van der Waals surface area contributed by atoms with Crippen molar-refractivity contribution in [2.45, 2.75) is 32.9 Å². The zero-order valence-electron chi connectivity index (χ0n) is 12.4. The molecule has 0 bridgehead atoms. The lowest BCUT2D eigenvalue weighted by atomic mass is 10.1. The summed E-state index contributed by atoms with van der Waals surface area (Å²) in [7, 11) is 0. The Balaban J connectivity index is 2.50. The maximum absolute atomic E-state index is 12.4. The van der Waals surface area contributed by atoms with Crippen LogP contribution in [-0.4, -0.2) is 16.3 Å². The number of benzene rings is 1. The smallest absolute Gasteiger partial charge is 0.255 e. The van der Waals surface area contributed by atoms with Crippen molar-refractivity contribution in [3.05, 3.63) is 57.9 Å². The number of aliphatic hydroxyl groups is 1. The fourth-order valence-corrected chi connectivity index (χ4v) is 2.39. The second-order valence-corrected chi connectivity index (χ2v) is 5.03. The molecular formula is C17H22N2O2. The summed E-state index contributed by atoms with van der Waals surface area (Å²) in [6.45, 7) is 2.90. The summed E-state index contributed by atoms with van der Waals surface area (Å²) in [5, 5.41) is 9.03. The maximum atomic E-state index is 12.4. The average molecular weight is 286 g/mol. The van der Waals surface area contributed by atoms with E-state index in [-0.39, 0.29) is 18.7 Å². The Labute approximate surface area is 124 Å². The molecule has 0 aliphatic rings. The average Bonchev–Trinajstić information content (AvgIpc) is 2.53. The van der Waals surface area contributed by atoms with Gasteiger partial charge in [0.1, 0.15) is 0 Å². The van der Waals surface area contributed by atoms with E-state index in [1.165, 1.54) is 5.56 Å². The molecule has 0 radical (unpaired) electrons. The number of rotatable bonds is 6. The molecule has 1 heterocycles. The van der Waals surface area contributed by atoms with E-state index in [4.69, 9.17) is 10.8 Å². The lowest BCUT2D eigenvalue weighted by Crippen LogP contribution is -2.27. The van der Waals surface area contributed by atoms with Crippen LogP contribution in [-0.2, 0) is 19.5 Å². The van der Waals surface area contributed by atoms with Crippen LogP contribution in [0.2, 0.25) is 0 Å². The predicted molar refractivity (Wildman–Crippen MR) is 85.1 cm³/mol. The fourth-order valence-electron chi connectivity index (χ4n) is 2.39. The standard InChI is InChI=1S/C17H22N2O2/c1-2-13-4-6-14(7-5-13)16-9-8-15(12-18)17(21)19(16)10-3-11-20/h4-9,20H,2-3,10-12,18H2,1H3. The Hall–Kier alpha value is -1.91. The second kappa shape index (κ2) is 7.20. The van der Waals surface area contributed by atoms with Gasteiger partial charge >= 0.3 is 0 Å². The van der Waals surface area contributed by atoms with Gasteiger partial charge in [-0.25, -0.2) is 0 Å². The minimum atomic E-state index is -0.0666. The number of aryl methyl sites for hydroxylation is 1. The highest BCUT2D eigenvalue weighted by molar-refractivity contribution is 5.60. The van der Waals surface area contributed by atoms with Crippen molar-refractivity contribution in [2.75, 3.05) is 6.61 Å². The molecule has 2 aromatic rings. The van der Waals surface area contributed by atoms with E-state index in [0.717, 1.165) is 17.7 Å². The van der Waals surface area contributed by atoms with Crippen LogP contribution in [0, 0.1) is 0 Å². The minimum absolute atomic E-state index is 0.0630. The minimum Gasteiger partial charge on any atom is -0.396 e. The van der Waals surface area contributed by atoms with Crippen LogP contribution in [0.25, 0.3) is 11.3 Å².